The molecule has 2 unspecified atom stereocenters. The topological polar surface area (TPSA) is 64.3 Å². The molecule has 2 rings (SSSR count). The predicted molar refractivity (Wildman–Crippen MR) is 75.2 cm³/mol. The van der Waals surface area contributed by atoms with E-state index in [-0.39, 0.29) is 5.91 Å². The summed E-state index contributed by atoms with van der Waals surface area (Å²) in [6.45, 7) is 0.904. The van der Waals surface area contributed by atoms with Gasteiger partial charge < -0.3 is 4.74 Å². The number of nitrogens with two attached hydrogens (primary N) is 1. The SMILES string of the molecule is NNC(=O)CCC1CCCOC(C2CCCCC2)C1. The molecule has 0 aromatic carbocycles. The minimum atomic E-state index is -0.0422. The van der Waals surface area contributed by atoms with Gasteiger partial charge in [-0.25, -0.2) is 5.84 Å². The molecule has 3 N–H and O–H groups in total. The number of carbonyl (C=O) groups excluding carboxylic acids is 1. The van der Waals surface area contributed by atoms with Crippen LogP contribution in [0.4, 0.5) is 0 Å². The van der Waals surface area contributed by atoms with Crippen LogP contribution in [-0.2, 0) is 9.53 Å². The highest BCUT2D eigenvalue weighted by Crippen LogP contribution is 2.34. The molecule has 1 saturated heterocycles. The number of rotatable bonds is 4. The Morgan fingerprint density at radius 1 is 1.16 bits per heavy atom. The van der Waals surface area contributed by atoms with Gasteiger partial charge in [0.05, 0.1) is 6.10 Å². The molecule has 4 nitrogen and oxygen atoms in total. The molecule has 0 bridgehead atoms. The van der Waals surface area contributed by atoms with E-state index in [9.17, 15) is 4.79 Å². The molecule has 0 aromatic rings. The lowest BCUT2D eigenvalue weighted by molar-refractivity contribution is -0.121. The van der Waals surface area contributed by atoms with Crippen molar-refractivity contribution in [2.75, 3.05) is 6.61 Å². The van der Waals surface area contributed by atoms with E-state index in [1.165, 1.54) is 38.5 Å². The number of hydrogen-bond acceptors (Lipinski definition) is 3. The van der Waals surface area contributed by atoms with Crippen LogP contribution in [0.2, 0.25) is 0 Å². The highest BCUT2D eigenvalue weighted by Gasteiger charge is 2.28. The Balaban J connectivity index is 1.81. The molecule has 2 atom stereocenters. The van der Waals surface area contributed by atoms with Crippen molar-refractivity contribution in [3.63, 3.8) is 0 Å². The minimum Gasteiger partial charge on any atom is -0.378 e. The van der Waals surface area contributed by atoms with Crippen LogP contribution in [-0.4, -0.2) is 18.6 Å². The summed E-state index contributed by atoms with van der Waals surface area (Å²) in [5, 5.41) is 0. The second kappa shape index (κ2) is 7.85. The van der Waals surface area contributed by atoms with Gasteiger partial charge in [0.1, 0.15) is 0 Å². The molecule has 110 valence electrons. The summed E-state index contributed by atoms with van der Waals surface area (Å²) in [5.41, 5.74) is 2.22. The van der Waals surface area contributed by atoms with Crippen LogP contribution in [0.1, 0.15) is 64.2 Å². The molecular weight excluding hydrogens is 240 g/mol. The fraction of sp³-hybridized carbons (Fsp3) is 0.933. The first kappa shape index (κ1) is 14.8. The van der Waals surface area contributed by atoms with Gasteiger partial charge in [-0.05, 0) is 50.4 Å². The smallest absolute Gasteiger partial charge is 0.233 e. The van der Waals surface area contributed by atoms with Crippen molar-refractivity contribution in [3.05, 3.63) is 0 Å². The van der Waals surface area contributed by atoms with Gasteiger partial charge in [0.2, 0.25) is 5.91 Å². The number of hydrogen-bond donors (Lipinski definition) is 2. The molecule has 1 saturated carbocycles. The van der Waals surface area contributed by atoms with E-state index < -0.39 is 0 Å². The number of ether oxygens (including phenoxy) is 1. The van der Waals surface area contributed by atoms with Crippen LogP contribution in [0.15, 0.2) is 0 Å². The van der Waals surface area contributed by atoms with E-state index in [0.717, 1.165) is 31.8 Å². The molecule has 1 amide bonds. The van der Waals surface area contributed by atoms with Crippen LogP contribution >= 0.6 is 0 Å². The third-order valence-corrected chi connectivity index (χ3v) is 4.77. The molecule has 0 aromatic heterocycles. The maximum Gasteiger partial charge on any atom is 0.233 e. The van der Waals surface area contributed by atoms with E-state index in [2.05, 4.69) is 5.43 Å². The maximum atomic E-state index is 11.3. The highest BCUT2D eigenvalue weighted by molar-refractivity contribution is 5.75. The van der Waals surface area contributed by atoms with Gasteiger partial charge in [-0.2, -0.15) is 0 Å². The molecule has 2 aliphatic rings. The van der Waals surface area contributed by atoms with Gasteiger partial charge in [-0.3, -0.25) is 10.2 Å². The largest absolute Gasteiger partial charge is 0.378 e. The first-order valence-electron chi connectivity index (χ1n) is 7.90. The van der Waals surface area contributed by atoms with Crippen LogP contribution in [0.25, 0.3) is 0 Å². The number of amides is 1. The lowest BCUT2D eigenvalue weighted by Gasteiger charge is -2.30. The Hall–Kier alpha value is -0.610. The van der Waals surface area contributed by atoms with E-state index in [4.69, 9.17) is 10.6 Å². The highest BCUT2D eigenvalue weighted by atomic mass is 16.5. The summed E-state index contributed by atoms with van der Waals surface area (Å²) in [6.07, 6.45) is 12.2. The van der Waals surface area contributed by atoms with Crippen molar-refractivity contribution in [1.29, 1.82) is 0 Å². The summed E-state index contributed by atoms with van der Waals surface area (Å²) in [4.78, 5) is 11.3. The predicted octanol–water partition coefficient (Wildman–Crippen LogP) is 2.52. The van der Waals surface area contributed by atoms with Crippen molar-refractivity contribution >= 4 is 5.91 Å². The number of nitrogens with one attached hydrogen (secondary N) is 1. The van der Waals surface area contributed by atoms with Crippen molar-refractivity contribution in [2.45, 2.75) is 70.3 Å². The normalized spacial score (nSPS) is 29.7. The Morgan fingerprint density at radius 3 is 2.68 bits per heavy atom. The van der Waals surface area contributed by atoms with Crippen molar-refractivity contribution in [3.8, 4) is 0 Å². The third-order valence-electron chi connectivity index (χ3n) is 4.77. The quantitative estimate of drug-likeness (QED) is 0.468. The van der Waals surface area contributed by atoms with Crippen LogP contribution in [0, 0.1) is 11.8 Å². The lowest BCUT2D eigenvalue weighted by atomic mass is 9.81. The summed E-state index contributed by atoms with van der Waals surface area (Å²) in [7, 11) is 0. The zero-order chi connectivity index (χ0) is 13.5. The van der Waals surface area contributed by atoms with Gasteiger partial charge >= 0.3 is 0 Å². The first-order chi connectivity index (χ1) is 9.29. The van der Waals surface area contributed by atoms with E-state index >= 15 is 0 Å². The molecule has 1 heterocycles. The maximum absolute atomic E-state index is 11.3. The molecule has 19 heavy (non-hydrogen) atoms. The second-order valence-electron chi connectivity index (χ2n) is 6.16. The Kier molecular flexibility index (Phi) is 6.11. The van der Waals surface area contributed by atoms with E-state index in [1.807, 2.05) is 0 Å². The van der Waals surface area contributed by atoms with Gasteiger partial charge in [-0.15, -0.1) is 0 Å². The van der Waals surface area contributed by atoms with Crippen LogP contribution in [0.3, 0.4) is 0 Å². The first-order valence-corrected chi connectivity index (χ1v) is 7.90. The Labute approximate surface area is 116 Å². The monoisotopic (exact) mass is 268 g/mol. The van der Waals surface area contributed by atoms with Gasteiger partial charge in [0, 0.05) is 13.0 Å². The molecule has 0 radical (unpaired) electrons. The van der Waals surface area contributed by atoms with Crippen molar-refractivity contribution < 1.29 is 9.53 Å². The number of carbonyl (C=O) groups is 1. The van der Waals surface area contributed by atoms with Gasteiger partial charge in [0.25, 0.3) is 0 Å². The molecule has 1 aliphatic heterocycles. The van der Waals surface area contributed by atoms with Crippen molar-refractivity contribution in [1.82, 2.24) is 5.43 Å². The third kappa shape index (κ3) is 4.77. The second-order valence-corrected chi connectivity index (χ2v) is 6.16. The fourth-order valence-corrected chi connectivity index (χ4v) is 3.63. The van der Waals surface area contributed by atoms with Crippen LogP contribution in [0.5, 0.6) is 0 Å². The summed E-state index contributed by atoms with van der Waals surface area (Å²) >= 11 is 0. The Bertz CT molecular complexity index is 277. The summed E-state index contributed by atoms with van der Waals surface area (Å²) in [5.74, 6) is 6.49. The zero-order valence-corrected chi connectivity index (χ0v) is 11.9. The summed E-state index contributed by atoms with van der Waals surface area (Å²) in [6, 6.07) is 0. The van der Waals surface area contributed by atoms with Gasteiger partial charge in [0.15, 0.2) is 0 Å². The molecule has 2 fully saturated rings. The van der Waals surface area contributed by atoms with Crippen molar-refractivity contribution in [2.24, 2.45) is 17.7 Å². The van der Waals surface area contributed by atoms with E-state index in [1.54, 1.807) is 0 Å². The van der Waals surface area contributed by atoms with Gasteiger partial charge in [-0.1, -0.05) is 19.3 Å². The van der Waals surface area contributed by atoms with Crippen LogP contribution < -0.4 is 11.3 Å². The summed E-state index contributed by atoms with van der Waals surface area (Å²) < 4.78 is 6.08. The fourth-order valence-electron chi connectivity index (χ4n) is 3.63. The van der Waals surface area contributed by atoms with E-state index in [0.29, 0.717) is 18.4 Å². The number of hydrazine groups is 1. The average molecular weight is 268 g/mol. The standard InChI is InChI=1S/C15H28N2O2/c16-17-15(18)9-8-12-5-4-10-19-14(11-12)13-6-2-1-3-7-13/h12-14H,1-11,16H2,(H,17,18). The molecule has 1 aliphatic carbocycles. The molecule has 0 spiro atoms. The zero-order valence-electron chi connectivity index (χ0n) is 11.9. The minimum absolute atomic E-state index is 0.0422. The lowest BCUT2D eigenvalue weighted by Crippen LogP contribution is -2.31. The average Bonchev–Trinajstić information content (AvgIpc) is 2.71. The Morgan fingerprint density at radius 2 is 1.95 bits per heavy atom. The molecular formula is C15H28N2O2. The molecule has 4 heteroatoms.